The molecule has 102 valence electrons. The van der Waals surface area contributed by atoms with Crippen molar-refractivity contribution in [2.75, 3.05) is 7.11 Å². The van der Waals surface area contributed by atoms with Crippen LogP contribution in [0.15, 0.2) is 18.2 Å². The molecule has 0 amide bonds. The number of hydrogen-bond acceptors (Lipinski definition) is 2. The quantitative estimate of drug-likeness (QED) is 0.853. The minimum absolute atomic E-state index is 0.0924. The number of benzene rings is 1. The monoisotopic (exact) mass is 265 g/mol. The van der Waals surface area contributed by atoms with Crippen molar-refractivity contribution >= 4 is 0 Å². The highest BCUT2D eigenvalue weighted by Crippen LogP contribution is 2.40. The van der Waals surface area contributed by atoms with Crippen molar-refractivity contribution in [1.82, 2.24) is 0 Å². The summed E-state index contributed by atoms with van der Waals surface area (Å²) in [7, 11) is 1.21. The molecule has 0 aliphatic carbocycles. The molecule has 1 aromatic carbocycles. The first-order chi connectivity index (χ1) is 8.12. The molecule has 0 fully saturated rings. The number of ether oxygens (including phenoxy) is 1. The second kappa shape index (κ2) is 4.76. The SMILES string of the molecule is COc1c(F)cccc1C(C)(C)C(N)C(F)(F)F. The van der Waals surface area contributed by atoms with E-state index in [1.807, 2.05) is 0 Å². The molecule has 6 heteroatoms. The summed E-state index contributed by atoms with van der Waals surface area (Å²) >= 11 is 0. The summed E-state index contributed by atoms with van der Waals surface area (Å²) in [6.45, 7) is 2.62. The normalized spacial score (nSPS) is 14.4. The fourth-order valence-corrected chi connectivity index (χ4v) is 1.80. The zero-order chi connectivity index (χ0) is 14.1. The topological polar surface area (TPSA) is 35.2 Å². The number of methoxy groups -OCH3 is 1. The first-order valence-corrected chi connectivity index (χ1v) is 5.27. The zero-order valence-electron chi connectivity index (χ0n) is 10.3. The van der Waals surface area contributed by atoms with Gasteiger partial charge in [0.25, 0.3) is 0 Å². The lowest BCUT2D eigenvalue weighted by Gasteiger charge is -2.34. The Hall–Kier alpha value is -1.30. The van der Waals surface area contributed by atoms with Gasteiger partial charge in [0, 0.05) is 11.0 Å². The van der Waals surface area contributed by atoms with Crippen molar-refractivity contribution in [2.45, 2.75) is 31.5 Å². The molecule has 0 saturated heterocycles. The summed E-state index contributed by atoms with van der Waals surface area (Å²) in [4.78, 5) is 0. The van der Waals surface area contributed by atoms with E-state index in [1.165, 1.54) is 33.1 Å². The smallest absolute Gasteiger partial charge is 0.404 e. The zero-order valence-corrected chi connectivity index (χ0v) is 10.3. The van der Waals surface area contributed by atoms with Gasteiger partial charge in [-0.15, -0.1) is 0 Å². The fraction of sp³-hybridized carbons (Fsp3) is 0.500. The molecule has 0 saturated carbocycles. The number of alkyl halides is 3. The van der Waals surface area contributed by atoms with Gasteiger partial charge in [-0.05, 0) is 6.07 Å². The van der Waals surface area contributed by atoms with Crippen molar-refractivity contribution in [1.29, 1.82) is 0 Å². The summed E-state index contributed by atoms with van der Waals surface area (Å²) in [5.74, 6) is -0.917. The molecule has 2 N–H and O–H groups in total. The lowest BCUT2D eigenvalue weighted by Crippen LogP contribution is -2.51. The average Bonchev–Trinajstić information content (AvgIpc) is 2.26. The van der Waals surface area contributed by atoms with Gasteiger partial charge in [0.2, 0.25) is 0 Å². The van der Waals surface area contributed by atoms with Crippen molar-refractivity contribution < 1.29 is 22.3 Å². The summed E-state index contributed by atoms with van der Waals surface area (Å²) in [6, 6.07) is 1.73. The van der Waals surface area contributed by atoms with Crippen LogP contribution in [-0.4, -0.2) is 19.3 Å². The summed E-state index contributed by atoms with van der Waals surface area (Å²) in [5.41, 5.74) is 3.83. The van der Waals surface area contributed by atoms with E-state index >= 15 is 0 Å². The largest absolute Gasteiger partial charge is 0.493 e. The van der Waals surface area contributed by atoms with E-state index < -0.39 is 23.5 Å². The van der Waals surface area contributed by atoms with E-state index in [-0.39, 0.29) is 11.3 Å². The van der Waals surface area contributed by atoms with Gasteiger partial charge in [-0.3, -0.25) is 0 Å². The summed E-state index contributed by atoms with van der Waals surface area (Å²) in [5, 5.41) is 0. The van der Waals surface area contributed by atoms with Crippen LogP contribution >= 0.6 is 0 Å². The lowest BCUT2D eigenvalue weighted by molar-refractivity contribution is -0.160. The highest BCUT2D eigenvalue weighted by Gasteiger charge is 2.48. The van der Waals surface area contributed by atoms with Crippen LogP contribution in [0.5, 0.6) is 5.75 Å². The summed E-state index contributed by atoms with van der Waals surface area (Å²) in [6.07, 6.45) is -4.57. The Morgan fingerprint density at radius 2 is 1.78 bits per heavy atom. The van der Waals surface area contributed by atoms with E-state index in [2.05, 4.69) is 0 Å². The molecule has 1 unspecified atom stereocenters. The van der Waals surface area contributed by atoms with Gasteiger partial charge >= 0.3 is 6.18 Å². The van der Waals surface area contributed by atoms with Crippen molar-refractivity contribution in [3.05, 3.63) is 29.6 Å². The average molecular weight is 265 g/mol. The van der Waals surface area contributed by atoms with Crippen LogP contribution in [-0.2, 0) is 5.41 Å². The Kier molecular flexibility index (Phi) is 3.90. The van der Waals surface area contributed by atoms with Gasteiger partial charge in [-0.1, -0.05) is 26.0 Å². The van der Waals surface area contributed by atoms with E-state index in [9.17, 15) is 17.6 Å². The second-order valence-electron chi connectivity index (χ2n) is 4.56. The number of hydrogen-bond donors (Lipinski definition) is 1. The first kappa shape index (κ1) is 14.8. The molecule has 0 radical (unpaired) electrons. The Morgan fingerprint density at radius 1 is 1.22 bits per heavy atom. The molecule has 2 nitrogen and oxygen atoms in total. The van der Waals surface area contributed by atoms with Gasteiger partial charge in [0.05, 0.1) is 7.11 Å². The molecule has 1 rings (SSSR count). The van der Waals surface area contributed by atoms with E-state index in [1.54, 1.807) is 0 Å². The highest BCUT2D eigenvalue weighted by atomic mass is 19.4. The third kappa shape index (κ3) is 2.58. The van der Waals surface area contributed by atoms with E-state index in [0.717, 1.165) is 6.07 Å². The van der Waals surface area contributed by atoms with Gasteiger partial charge < -0.3 is 10.5 Å². The van der Waals surface area contributed by atoms with E-state index in [0.29, 0.717) is 0 Å². The third-order valence-electron chi connectivity index (χ3n) is 3.00. The standard InChI is InChI=1S/C12H15F4NO/c1-11(2,10(17)12(14,15)16)7-5-4-6-8(13)9(7)18-3/h4-6,10H,17H2,1-3H3. The number of halogens is 4. The van der Waals surface area contributed by atoms with Crippen molar-refractivity contribution in [2.24, 2.45) is 5.73 Å². The molecule has 0 aliphatic rings. The predicted octanol–water partition coefficient (Wildman–Crippen LogP) is 3.00. The van der Waals surface area contributed by atoms with Crippen molar-refractivity contribution in [3.63, 3.8) is 0 Å². The molecule has 0 bridgehead atoms. The number of nitrogens with two attached hydrogens (primary N) is 1. The van der Waals surface area contributed by atoms with Crippen LogP contribution in [0.3, 0.4) is 0 Å². The molecule has 0 aliphatic heterocycles. The molecular weight excluding hydrogens is 250 g/mol. The maximum atomic E-state index is 13.5. The Bertz CT molecular complexity index is 429. The molecule has 0 spiro atoms. The van der Waals surface area contributed by atoms with E-state index in [4.69, 9.17) is 10.5 Å². The van der Waals surface area contributed by atoms with Crippen LogP contribution in [0, 0.1) is 5.82 Å². The Morgan fingerprint density at radius 3 is 2.22 bits per heavy atom. The second-order valence-corrected chi connectivity index (χ2v) is 4.56. The Balaban J connectivity index is 3.32. The predicted molar refractivity (Wildman–Crippen MR) is 60.0 cm³/mol. The van der Waals surface area contributed by atoms with Gasteiger partial charge in [0.1, 0.15) is 6.04 Å². The maximum Gasteiger partial charge on any atom is 0.404 e. The molecule has 1 aromatic rings. The van der Waals surface area contributed by atoms with Gasteiger partial charge in [0.15, 0.2) is 11.6 Å². The molecular formula is C12H15F4NO. The first-order valence-electron chi connectivity index (χ1n) is 5.27. The molecule has 18 heavy (non-hydrogen) atoms. The number of para-hydroxylation sites is 1. The Labute approximate surface area is 103 Å². The number of rotatable bonds is 3. The minimum Gasteiger partial charge on any atom is -0.493 e. The molecule has 0 heterocycles. The maximum absolute atomic E-state index is 13.5. The van der Waals surface area contributed by atoms with Crippen LogP contribution in [0.4, 0.5) is 17.6 Å². The summed E-state index contributed by atoms with van der Waals surface area (Å²) < 4.78 is 56.4. The lowest BCUT2D eigenvalue weighted by atomic mass is 9.77. The molecule has 0 aromatic heterocycles. The molecule has 1 atom stereocenters. The van der Waals surface area contributed by atoms with Gasteiger partial charge in [-0.25, -0.2) is 4.39 Å². The van der Waals surface area contributed by atoms with Crippen LogP contribution in [0.1, 0.15) is 19.4 Å². The minimum atomic E-state index is -4.57. The fourth-order valence-electron chi connectivity index (χ4n) is 1.80. The van der Waals surface area contributed by atoms with Crippen LogP contribution in [0.25, 0.3) is 0 Å². The van der Waals surface area contributed by atoms with Crippen LogP contribution < -0.4 is 10.5 Å². The van der Waals surface area contributed by atoms with Gasteiger partial charge in [-0.2, -0.15) is 13.2 Å². The van der Waals surface area contributed by atoms with Crippen LogP contribution in [0.2, 0.25) is 0 Å². The van der Waals surface area contributed by atoms with Crippen molar-refractivity contribution in [3.8, 4) is 5.75 Å². The highest BCUT2D eigenvalue weighted by molar-refractivity contribution is 5.41. The third-order valence-corrected chi connectivity index (χ3v) is 3.00.